The Morgan fingerprint density at radius 3 is 2.38 bits per heavy atom. The minimum atomic E-state index is -0.345. The van der Waals surface area contributed by atoms with Crippen LogP contribution in [0.25, 0.3) is 6.08 Å². The third-order valence-electron chi connectivity index (χ3n) is 6.43. The van der Waals surface area contributed by atoms with Crippen molar-refractivity contribution in [2.45, 2.75) is 37.7 Å². The lowest BCUT2D eigenvalue weighted by molar-refractivity contribution is -0.148. The van der Waals surface area contributed by atoms with Crippen molar-refractivity contribution in [3.8, 4) is 0 Å². The molecule has 0 radical (unpaired) electrons. The molecule has 0 aliphatic heterocycles. The number of hydrogen-bond donors (Lipinski definition) is 0. The summed E-state index contributed by atoms with van der Waals surface area (Å²) >= 11 is 0. The van der Waals surface area contributed by atoms with E-state index >= 15 is 0 Å². The summed E-state index contributed by atoms with van der Waals surface area (Å²) in [6.45, 7) is 1.52. The van der Waals surface area contributed by atoms with E-state index in [1.54, 1.807) is 0 Å². The zero-order valence-corrected chi connectivity index (χ0v) is 16.6. The molecular weight excluding hydrogens is 356 g/mol. The Labute approximate surface area is 171 Å². The van der Waals surface area contributed by atoms with Gasteiger partial charge in [-0.25, -0.2) is 0 Å². The number of carbonyl (C=O) groups excluding carboxylic acids is 1. The van der Waals surface area contributed by atoms with Gasteiger partial charge in [0.2, 0.25) is 0 Å². The first-order valence-electron chi connectivity index (χ1n) is 10.3. The molecule has 3 aromatic rings. The van der Waals surface area contributed by atoms with Gasteiger partial charge in [0, 0.05) is 13.3 Å². The third kappa shape index (κ3) is 3.00. The van der Waals surface area contributed by atoms with Gasteiger partial charge in [-0.15, -0.1) is 0 Å². The average molecular weight is 380 g/mol. The number of esters is 1. The maximum absolute atomic E-state index is 12.1. The van der Waals surface area contributed by atoms with Crippen LogP contribution in [0.2, 0.25) is 0 Å². The van der Waals surface area contributed by atoms with E-state index in [0.29, 0.717) is 0 Å². The van der Waals surface area contributed by atoms with Crippen molar-refractivity contribution in [1.82, 2.24) is 0 Å². The molecule has 2 atom stereocenters. The molecule has 0 amide bonds. The largest absolute Gasteiger partial charge is 0.461 e. The van der Waals surface area contributed by atoms with Gasteiger partial charge in [-0.3, -0.25) is 4.79 Å². The molecule has 0 bridgehead atoms. The Hall–Kier alpha value is -3.13. The predicted molar refractivity (Wildman–Crippen MR) is 116 cm³/mol. The summed E-state index contributed by atoms with van der Waals surface area (Å²) in [5, 5.41) is 0. The minimum absolute atomic E-state index is 0.196. The minimum Gasteiger partial charge on any atom is -0.461 e. The Balaban J connectivity index is 1.70. The van der Waals surface area contributed by atoms with Crippen molar-refractivity contribution in [2.24, 2.45) is 0 Å². The molecule has 0 heterocycles. The Kier molecular flexibility index (Phi) is 4.35. The molecular formula is C27H24O2. The highest BCUT2D eigenvalue weighted by atomic mass is 16.5. The second-order valence-corrected chi connectivity index (χ2v) is 8.14. The number of benzene rings is 3. The van der Waals surface area contributed by atoms with Crippen LogP contribution in [-0.4, -0.2) is 12.1 Å². The lowest BCUT2D eigenvalue weighted by atomic mass is 9.68. The van der Waals surface area contributed by atoms with Crippen LogP contribution in [0.3, 0.4) is 0 Å². The van der Waals surface area contributed by atoms with Crippen LogP contribution in [0.15, 0.2) is 84.4 Å². The third-order valence-corrected chi connectivity index (χ3v) is 6.43. The van der Waals surface area contributed by atoms with Crippen molar-refractivity contribution >= 4 is 12.0 Å². The van der Waals surface area contributed by atoms with Gasteiger partial charge >= 0.3 is 5.97 Å². The number of rotatable bonds is 4. The summed E-state index contributed by atoms with van der Waals surface area (Å²) in [7, 11) is 0. The molecule has 0 saturated heterocycles. The van der Waals surface area contributed by atoms with Gasteiger partial charge in [-0.05, 0) is 40.7 Å². The SMILES string of the molecule is CC(=O)OC1Cc2ccccc2C1(Cc1ccccc1)C1=Cc2ccccc2C1. The quantitative estimate of drug-likeness (QED) is 0.575. The van der Waals surface area contributed by atoms with Crippen LogP contribution in [0.1, 0.15) is 34.7 Å². The van der Waals surface area contributed by atoms with Gasteiger partial charge in [-0.2, -0.15) is 0 Å². The fraction of sp³-hybridized carbons (Fsp3) is 0.222. The van der Waals surface area contributed by atoms with Crippen LogP contribution in [0, 0.1) is 0 Å². The summed E-state index contributed by atoms with van der Waals surface area (Å²) in [4.78, 5) is 12.1. The number of ether oxygens (including phenoxy) is 1. The summed E-state index contributed by atoms with van der Waals surface area (Å²) in [6, 6.07) is 27.8. The molecule has 5 rings (SSSR count). The van der Waals surface area contributed by atoms with Gasteiger partial charge in [0.15, 0.2) is 0 Å². The lowest BCUT2D eigenvalue weighted by Crippen LogP contribution is -2.43. The van der Waals surface area contributed by atoms with E-state index in [9.17, 15) is 4.79 Å². The topological polar surface area (TPSA) is 26.3 Å². The second-order valence-electron chi connectivity index (χ2n) is 8.14. The molecule has 2 nitrogen and oxygen atoms in total. The number of fused-ring (bicyclic) bond motifs is 2. The second kappa shape index (κ2) is 7.04. The molecule has 2 heteroatoms. The van der Waals surface area contributed by atoms with Crippen LogP contribution in [0.4, 0.5) is 0 Å². The summed E-state index contributed by atoms with van der Waals surface area (Å²) in [5.41, 5.74) is 7.47. The van der Waals surface area contributed by atoms with Crippen molar-refractivity contribution in [3.05, 3.63) is 112 Å². The molecule has 2 unspecified atom stereocenters. The van der Waals surface area contributed by atoms with Crippen molar-refractivity contribution in [3.63, 3.8) is 0 Å². The van der Waals surface area contributed by atoms with Gasteiger partial charge in [0.1, 0.15) is 6.10 Å². The molecule has 0 fully saturated rings. The Bertz CT molecular complexity index is 1100. The summed E-state index contributed by atoms with van der Waals surface area (Å²) < 4.78 is 6.01. The van der Waals surface area contributed by atoms with Crippen molar-refractivity contribution in [1.29, 1.82) is 0 Å². The highest BCUT2D eigenvalue weighted by Gasteiger charge is 2.51. The Morgan fingerprint density at radius 1 is 0.931 bits per heavy atom. The van der Waals surface area contributed by atoms with Crippen LogP contribution < -0.4 is 0 Å². The van der Waals surface area contributed by atoms with Crippen molar-refractivity contribution in [2.75, 3.05) is 0 Å². The fourth-order valence-electron chi connectivity index (χ4n) is 5.21. The van der Waals surface area contributed by atoms with Crippen LogP contribution >= 0.6 is 0 Å². The maximum atomic E-state index is 12.1. The first kappa shape index (κ1) is 17.9. The zero-order valence-electron chi connectivity index (χ0n) is 16.6. The summed E-state index contributed by atoms with van der Waals surface area (Å²) in [5.74, 6) is -0.212. The van der Waals surface area contributed by atoms with Crippen LogP contribution in [-0.2, 0) is 34.2 Å². The van der Waals surface area contributed by atoms with Crippen molar-refractivity contribution < 1.29 is 9.53 Å². The number of hydrogen-bond acceptors (Lipinski definition) is 2. The zero-order chi connectivity index (χ0) is 19.8. The highest BCUT2D eigenvalue weighted by molar-refractivity contribution is 5.71. The lowest BCUT2D eigenvalue weighted by Gasteiger charge is -2.38. The maximum Gasteiger partial charge on any atom is 0.302 e. The smallest absolute Gasteiger partial charge is 0.302 e. The molecule has 3 aromatic carbocycles. The van der Waals surface area contributed by atoms with Gasteiger partial charge in [-0.1, -0.05) is 90.5 Å². The summed E-state index contributed by atoms with van der Waals surface area (Å²) in [6.07, 6.45) is 4.61. The van der Waals surface area contributed by atoms with E-state index in [1.165, 1.54) is 40.3 Å². The first-order valence-corrected chi connectivity index (χ1v) is 10.3. The Morgan fingerprint density at radius 2 is 1.62 bits per heavy atom. The predicted octanol–water partition coefficient (Wildman–Crippen LogP) is 5.29. The molecule has 0 aromatic heterocycles. The number of carbonyl (C=O) groups is 1. The van der Waals surface area contributed by atoms with Gasteiger partial charge in [0.25, 0.3) is 0 Å². The first-order chi connectivity index (χ1) is 14.2. The van der Waals surface area contributed by atoms with E-state index in [0.717, 1.165) is 19.3 Å². The molecule has 0 saturated carbocycles. The molecule has 2 aliphatic carbocycles. The normalized spacial score (nSPS) is 22.0. The van der Waals surface area contributed by atoms with Crippen LogP contribution in [0.5, 0.6) is 0 Å². The molecule has 0 spiro atoms. The fourth-order valence-corrected chi connectivity index (χ4v) is 5.21. The average Bonchev–Trinajstić information content (AvgIpc) is 3.29. The monoisotopic (exact) mass is 380 g/mol. The van der Waals surface area contributed by atoms with E-state index in [-0.39, 0.29) is 17.5 Å². The molecule has 29 heavy (non-hydrogen) atoms. The van der Waals surface area contributed by atoms with E-state index in [1.807, 2.05) is 6.07 Å². The standard InChI is InChI=1S/C27H24O2/c1-19(28)29-26-17-23-13-7-8-14-25(23)27(26,18-20-9-3-2-4-10-20)24-15-21-11-5-6-12-22(21)16-24/h2-15,26H,16-18H2,1H3. The molecule has 2 aliphatic rings. The highest BCUT2D eigenvalue weighted by Crippen LogP contribution is 2.51. The van der Waals surface area contributed by atoms with E-state index in [2.05, 4.69) is 78.9 Å². The molecule has 144 valence electrons. The van der Waals surface area contributed by atoms with E-state index < -0.39 is 0 Å². The van der Waals surface area contributed by atoms with Gasteiger partial charge < -0.3 is 4.74 Å². The van der Waals surface area contributed by atoms with E-state index in [4.69, 9.17) is 4.74 Å². The van der Waals surface area contributed by atoms with Gasteiger partial charge in [0.05, 0.1) is 5.41 Å². The molecule has 0 N–H and O–H groups in total.